The number of sulfonamides is 1. The third-order valence-corrected chi connectivity index (χ3v) is 5.70. The average molecular weight is 320 g/mol. The number of hydrogen-bond acceptors (Lipinski definition) is 6. The molecular weight excluding hydrogens is 304 g/mol. The van der Waals surface area contributed by atoms with Gasteiger partial charge in [-0.05, 0) is 6.07 Å². The first-order valence-electron chi connectivity index (χ1n) is 5.95. The topological polar surface area (TPSA) is 76.2 Å². The van der Waals surface area contributed by atoms with E-state index in [0.717, 1.165) is 15.8 Å². The van der Waals surface area contributed by atoms with Crippen LogP contribution in [0.15, 0.2) is 16.3 Å². The lowest BCUT2D eigenvalue weighted by Gasteiger charge is -2.26. The van der Waals surface area contributed by atoms with Gasteiger partial charge in [0.15, 0.2) is 0 Å². The van der Waals surface area contributed by atoms with Crippen LogP contribution in [0.2, 0.25) is 0 Å². The Kier molecular flexibility index (Phi) is 4.76. The Labute approximate surface area is 121 Å². The molecule has 1 amide bonds. The van der Waals surface area contributed by atoms with Crippen LogP contribution >= 0.6 is 11.3 Å². The second-order valence-corrected chi connectivity index (χ2v) is 7.00. The Morgan fingerprint density at radius 1 is 1.45 bits per heavy atom. The van der Waals surface area contributed by atoms with E-state index in [1.54, 1.807) is 4.90 Å². The van der Waals surface area contributed by atoms with Gasteiger partial charge in [0.25, 0.3) is 15.9 Å². The molecule has 1 aliphatic rings. The number of ether oxygens (including phenoxy) is 1. The third-order valence-electron chi connectivity index (χ3n) is 2.98. The number of rotatable bonds is 4. The van der Waals surface area contributed by atoms with Gasteiger partial charge in [0.1, 0.15) is 0 Å². The van der Waals surface area contributed by atoms with Crippen LogP contribution in [0.3, 0.4) is 0 Å². The maximum absolute atomic E-state index is 12.2. The van der Waals surface area contributed by atoms with Crippen molar-refractivity contribution in [2.45, 2.75) is 4.90 Å². The monoisotopic (exact) mass is 320 g/mol. The highest BCUT2D eigenvalue weighted by Gasteiger charge is 2.26. The lowest BCUT2D eigenvalue weighted by Crippen LogP contribution is -2.40. The van der Waals surface area contributed by atoms with Crippen LogP contribution in [0, 0.1) is 0 Å². The molecule has 2 heterocycles. The first kappa shape index (κ1) is 15.4. The third kappa shape index (κ3) is 3.01. The number of hydroxylamine groups is 1. The number of hydrogen-bond donors (Lipinski definition) is 0. The standard InChI is InChI=1S/C11H16N2O5S2/c1-12(17-2)20(15,16)9-7-10(19-8-9)11(14)13-3-5-18-6-4-13/h7-8H,3-6H2,1-2H3. The molecule has 0 spiro atoms. The molecule has 0 bridgehead atoms. The molecule has 1 aromatic rings. The molecule has 1 aromatic heterocycles. The molecule has 0 aliphatic carbocycles. The Bertz CT molecular complexity index is 577. The van der Waals surface area contributed by atoms with Gasteiger partial charge in [-0.2, -0.15) is 0 Å². The van der Waals surface area contributed by atoms with E-state index in [1.165, 1.54) is 25.6 Å². The number of carbonyl (C=O) groups excluding carboxylic acids is 1. The van der Waals surface area contributed by atoms with Crippen molar-refractivity contribution >= 4 is 27.3 Å². The van der Waals surface area contributed by atoms with E-state index in [9.17, 15) is 13.2 Å². The molecule has 0 saturated carbocycles. The molecule has 2 rings (SSSR count). The minimum absolute atomic E-state index is 0.0588. The Morgan fingerprint density at radius 3 is 2.70 bits per heavy atom. The van der Waals surface area contributed by atoms with Crippen LogP contribution in [0.5, 0.6) is 0 Å². The van der Waals surface area contributed by atoms with Gasteiger partial charge in [-0.15, -0.1) is 11.3 Å². The van der Waals surface area contributed by atoms with Crippen molar-refractivity contribution in [3.63, 3.8) is 0 Å². The van der Waals surface area contributed by atoms with Crippen molar-refractivity contribution in [1.29, 1.82) is 0 Å². The molecular formula is C11H16N2O5S2. The van der Waals surface area contributed by atoms with Gasteiger partial charge in [0.2, 0.25) is 0 Å². The van der Waals surface area contributed by atoms with Crippen LogP contribution in [-0.2, 0) is 19.6 Å². The summed E-state index contributed by atoms with van der Waals surface area (Å²) < 4.78 is 30.0. The van der Waals surface area contributed by atoms with Gasteiger partial charge in [0, 0.05) is 25.5 Å². The van der Waals surface area contributed by atoms with E-state index in [4.69, 9.17) is 9.57 Å². The van der Waals surface area contributed by atoms with Gasteiger partial charge in [-0.1, -0.05) is 4.47 Å². The Balaban J connectivity index is 2.18. The van der Waals surface area contributed by atoms with Crippen molar-refractivity contribution in [3.05, 3.63) is 16.3 Å². The lowest BCUT2D eigenvalue weighted by molar-refractivity contribution is -0.0258. The molecule has 0 N–H and O–H groups in total. The highest BCUT2D eigenvalue weighted by molar-refractivity contribution is 7.89. The molecule has 1 aliphatic heterocycles. The summed E-state index contributed by atoms with van der Waals surface area (Å²) in [6, 6.07) is 1.38. The van der Waals surface area contributed by atoms with Crippen LogP contribution in [0.4, 0.5) is 0 Å². The minimum Gasteiger partial charge on any atom is -0.378 e. The van der Waals surface area contributed by atoms with Crippen molar-refractivity contribution in [3.8, 4) is 0 Å². The van der Waals surface area contributed by atoms with E-state index in [1.807, 2.05) is 0 Å². The molecule has 112 valence electrons. The van der Waals surface area contributed by atoms with Crippen molar-refractivity contribution in [2.24, 2.45) is 0 Å². The summed E-state index contributed by atoms with van der Waals surface area (Å²) in [7, 11) is -1.14. The van der Waals surface area contributed by atoms with Crippen molar-refractivity contribution in [1.82, 2.24) is 9.37 Å². The van der Waals surface area contributed by atoms with Crippen LogP contribution in [0.25, 0.3) is 0 Å². The number of carbonyl (C=O) groups is 1. The van der Waals surface area contributed by atoms with E-state index in [2.05, 4.69) is 0 Å². The zero-order valence-corrected chi connectivity index (χ0v) is 12.9. The summed E-state index contributed by atoms with van der Waals surface area (Å²) >= 11 is 1.11. The second kappa shape index (κ2) is 6.19. The first-order valence-corrected chi connectivity index (χ1v) is 8.27. The largest absolute Gasteiger partial charge is 0.378 e. The molecule has 1 saturated heterocycles. The van der Waals surface area contributed by atoms with E-state index < -0.39 is 10.0 Å². The summed E-state index contributed by atoms with van der Waals surface area (Å²) in [5.74, 6) is -0.167. The Hall–Kier alpha value is -1.00. The summed E-state index contributed by atoms with van der Waals surface area (Å²) in [6.07, 6.45) is 0. The van der Waals surface area contributed by atoms with E-state index >= 15 is 0 Å². The smallest absolute Gasteiger partial charge is 0.265 e. The molecule has 0 radical (unpaired) electrons. The zero-order chi connectivity index (χ0) is 14.8. The van der Waals surface area contributed by atoms with Crippen LogP contribution in [-0.4, -0.2) is 64.2 Å². The van der Waals surface area contributed by atoms with Crippen molar-refractivity contribution < 1.29 is 22.8 Å². The average Bonchev–Trinajstić information content (AvgIpc) is 2.97. The predicted molar refractivity (Wildman–Crippen MR) is 73.0 cm³/mol. The maximum Gasteiger partial charge on any atom is 0.265 e. The fourth-order valence-corrected chi connectivity index (χ4v) is 3.94. The first-order chi connectivity index (χ1) is 9.46. The molecule has 0 atom stereocenters. The summed E-state index contributed by atoms with van der Waals surface area (Å²) in [6.45, 7) is 2.07. The number of thiophene rings is 1. The lowest BCUT2D eigenvalue weighted by atomic mass is 10.3. The predicted octanol–water partition coefficient (Wildman–Crippen LogP) is 0.402. The quantitative estimate of drug-likeness (QED) is 0.751. The number of nitrogens with zero attached hydrogens (tertiary/aromatic N) is 2. The zero-order valence-electron chi connectivity index (χ0n) is 11.2. The van der Waals surface area contributed by atoms with E-state index in [-0.39, 0.29) is 10.8 Å². The molecule has 0 unspecified atom stereocenters. The number of amides is 1. The highest BCUT2D eigenvalue weighted by atomic mass is 32.2. The molecule has 1 fully saturated rings. The normalized spacial score (nSPS) is 16.6. The Morgan fingerprint density at radius 2 is 2.10 bits per heavy atom. The second-order valence-electron chi connectivity index (χ2n) is 4.15. The molecule has 20 heavy (non-hydrogen) atoms. The van der Waals surface area contributed by atoms with Crippen LogP contribution in [0.1, 0.15) is 9.67 Å². The highest BCUT2D eigenvalue weighted by Crippen LogP contribution is 2.23. The van der Waals surface area contributed by atoms with Crippen molar-refractivity contribution in [2.75, 3.05) is 40.5 Å². The van der Waals surface area contributed by atoms with Gasteiger partial charge in [-0.25, -0.2) is 8.42 Å². The SMILES string of the molecule is CON(C)S(=O)(=O)c1csc(C(=O)N2CCOCC2)c1. The minimum atomic E-state index is -3.71. The van der Waals surface area contributed by atoms with E-state index in [0.29, 0.717) is 31.2 Å². The summed E-state index contributed by atoms with van der Waals surface area (Å²) in [4.78, 5) is 19.0. The summed E-state index contributed by atoms with van der Waals surface area (Å²) in [5.41, 5.74) is 0. The van der Waals surface area contributed by atoms with Gasteiger partial charge < -0.3 is 9.64 Å². The fourth-order valence-electron chi connectivity index (χ4n) is 1.74. The van der Waals surface area contributed by atoms with Crippen LogP contribution < -0.4 is 0 Å². The fraction of sp³-hybridized carbons (Fsp3) is 0.545. The number of morpholine rings is 1. The van der Waals surface area contributed by atoms with Gasteiger partial charge >= 0.3 is 0 Å². The molecule has 7 nitrogen and oxygen atoms in total. The molecule has 0 aromatic carbocycles. The van der Waals surface area contributed by atoms with Gasteiger partial charge in [0.05, 0.1) is 30.1 Å². The summed E-state index contributed by atoms with van der Waals surface area (Å²) in [5, 5.41) is 1.44. The maximum atomic E-state index is 12.2. The molecule has 9 heteroatoms. The van der Waals surface area contributed by atoms with Gasteiger partial charge in [-0.3, -0.25) is 9.63 Å².